The lowest BCUT2D eigenvalue weighted by Crippen LogP contribution is -2.01. The van der Waals surface area contributed by atoms with Crippen molar-refractivity contribution in [2.24, 2.45) is 0 Å². The van der Waals surface area contributed by atoms with E-state index in [9.17, 15) is 0 Å². The molecule has 0 amide bonds. The summed E-state index contributed by atoms with van der Waals surface area (Å²) in [5, 5.41) is 0. The Labute approximate surface area is 102 Å². The zero-order valence-electron chi connectivity index (χ0n) is 8.60. The standard InChI is InChI=1S/C12H10BrN3/c13-11-6-10(15-7-16-11)9-4-3-8-2-1-5-14-12(8)9/h1-2,5-7,9H,3-4H2. The number of halogens is 1. The molecular weight excluding hydrogens is 266 g/mol. The van der Waals surface area contributed by atoms with Gasteiger partial charge in [0.2, 0.25) is 0 Å². The molecule has 1 atom stereocenters. The van der Waals surface area contributed by atoms with Gasteiger partial charge >= 0.3 is 0 Å². The highest BCUT2D eigenvalue weighted by molar-refractivity contribution is 9.10. The Morgan fingerprint density at radius 2 is 2.19 bits per heavy atom. The summed E-state index contributed by atoms with van der Waals surface area (Å²) in [5.41, 5.74) is 3.58. The van der Waals surface area contributed by atoms with Crippen LogP contribution in [-0.4, -0.2) is 15.0 Å². The van der Waals surface area contributed by atoms with Crippen molar-refractivity contribution in [3.05, 3.63) is 52.3 Å². The summed E-state index contributed by atoms with van der Waals surface area (Å²) >= 11 is 3.38. The van der Waals surface area contributed by atoms with E-state index >= 15 is 0 Å². The molecule has 0 spiro atoms. The summed E-state index contributed by atoms with van der Waals surface area (Å²) in [6.07, 6.45) is 5.64. The molecule has 80 valence electrons. The first-order chi connectivity index (χ1) is 7.84. The smallest absolute Gasteiger partial charge is 0.116 e. The highest BCUT2D eigenvalue weighted by atomic mass is 79.9. The summed E-state index contributed by atoms with van der Waals surface area (Å²) in [6, 6.07) is 6.13. The van der Waals surface area contributed by atoms with E-state index in [1.54, 1.807) is 6.33 Å². The van der Waals surface area contributed by atoms with E-state index in [-0.39, 0.29) is 0 Å². The molecule has 3 rings (SSSR count). The highest BCUT2D eigenvalue weighted by Gasteiger charge is 2.26. The van der Waals surface area contributed by atoms with Gasteiger partial charge in [-0.05, 0) is 46.5 Å². The molecule has 2 heterocycles. The van der Waals surface area contributed by atoms with Crippen molar-refractivity contribution in [3.63, 3.8) is 0 Å². The van der Waals surface area contributed by atoms with Crippen molar-refractivity contribution in [1.29, 1.82) is 0 Å². The van der Waals surface area contributed by atoms with Gasteiger partial charge in [0.15, 0.2) is 0 Å². The fraction of sp³-hybridized carbons (Fsp3) is 0.250. The second kappa shape index (κ2) is 3.94. The Kier molecular flexibility index (Phi) is 2.44. The molecule has 16 heavy (non-hydrogen) atoms. The van der Waals surface area contributed by atoms with Crippen LogP contribution in [0.25, 0.3) is 0 Å². The SMILES string of the molecule is Brc1cc(C2CCc3cccnc32)ncn1. The average molecular weight is 276 g/mol. The fourth-order valence-electron chi connectivity index (χ4n) is 2.24. The van der Waals surface area contributed by atoms with Gasteiger partial charge in [-0.2, -0.15) is 0 Å². The number of nitrogens with zero attached hydrogens (tertiary/aromatic N) is 3. The van der Waals surface area contributed by atoms with E-state index in [2.05, 4.69) is 36.9 Å². The molecule has 1 aliphatic carbocycles. The first-order valence-corrected chi connectivity index (χ1v) is 6.05. The van der Waals surface area contributed by atoms with Gasteiger partial charge < -0.3 is 0 Å². The lowest BCUT2D eigenvalue weighted by Gasteiger charge is -2.09. The molecule has 3 nitrogen and oxygen atoms in total. The number of aryl methyl sites for hydroxylation is 1. The molecule has 2 aromatic heterocycles. The molecule has 0 bridgehead atoms. The molecule has 0 aromatic carbocycles. The molecule has 0 radical (unpaired) electrons. The highest BCUT2D eigenvalue weighted by Crippen LogP contribution is 2.35. The van der Waals surface area contributed by atoms with Crippen LogP contribution in [0.15, 0.2) is 35.3 Å². The van der Waals surface area contributed by atoms with Gasteiger partial charge in [0.05, 0.1) is 11.4 Å². The summed E-state index contributed by atoms with van der Waals surface area (Å²) in [7, 11) is 0. The molecule has 1 unspecified atom stereocenters. The number of hydrogen-bond donors (Lipinski definition) is 0. The molecule has 0 saturated carbocycles. The molecule has 4 heteroatoms. The van der Waals surface area contributed by atoms with E-state index in [0.717, 1.165) is 23.1 Å². The van der Waals surface area contributed by atoms with E-state index in [0.29, 0.717) is 5.92 Å². The van der Waals surface area contributed by atoms with Crippen molar-refractivity contribution in [3.8, 4) is 0 Å². The molecule has 2 aromatic rings. The first kappa shape index (κ1) is 9.90. The monoisotopic (exact) mass is 275 g/mol. The van der Waals surface area contributed by atoms with Crippen LogP contribution in [0.1, 0.15) is 29.3 Å². The van der Waals surface area contributed by atoms with Crippen LogP contribution in [0, 0.1) is 0 Å². The lowest BCUT2D eigenvalue weighted by atomic mass is 10.0. The maximum absolute atomic E-state index is 4.47. The normalized spacial score (nSPS) is 18.4. The van der Waals surface area contributed by atoms with E-state index < -0.39 is 0 Å². The van der Waals surface area contributed by atoms with Gasteiger partial charge in [-0.1, -0.05) is 6.07 Å². The Morgan fingerprint density at radius 3 is 3.06 bits per heavy atom. The van der Waals surface area contributed by atoms with Crippen LogP contribution in [-0.2, 0) is 6.42 Å². The fourth-order valence-corrected chi connectivity index (χ4v) is 2.56. The number of rotatable bonds is 1. The average Bonchev–Trinajstić information content (AvgIpc) is 2.72. The summed E-state index contributed by atoms with van der Waals surface area (Å²) in [5.74, 6) is 0.329. The number of pyridine rings is 1. The van der Waals surface area contributed by atoms with Crippen LogP contribution in [0.3, 0.4) is 0 Å². The van der Waals surface area contributed by atoms with Gasteiger partial charge in [-0.25, -0.2) is 9.97 Å². The Bertz CT molecular complexity index is 527. The first-order valence-electron chi connectivity index (χ1n) is 5.26. The number of aromatic nitrogens is 3. The van der Waals surface area contributed by atoms with Gasteiger partial charge in [0.1, 0.15) is 10.9 Å². The zero-order chi connectivity index (χ0) is 11.0. The van der Waals surface area contributed by atoms with E-state index in [4.69, 9.17) is 0 Å². The molecule has 1 aliphatic rings. The molecule has 0 N–H and O–H groups in total. The molecular formula is C12H10BrN3. The van der Waals surface area contributed by atoms with Gasteiger partial charge in [-0.15, -0.1) is 0 Å². The zero-order valence-corrected chi connectivity index (χ0v) is 10.2. The Balaban J connectivity index is 2.05. The van der Waals surface area contributed by atoms with Crippen molar-refractivity contribution in [2.75, 3.05) is 0 Å². The second-order valence-corrected chi connectivity index (χ2v) is 4.72. The van der Waals surface area contributed by atoms with Gasteiger partial charge in [0.25, 0.3) is 0 Å². The minimum atomic E-state index is 0.329. The van der Waals surface area contributed by atoms with Crippen LogP contribution in [0.2, 0.25) is 0 Å². The van der Waals surface area contributed by atoms with Crippen molar-refractivity contribution in [2.45, 2.75) is 18.8 Å². The second-order valence-electron chi connectivity index (χ2n) is 3.90. The topological polar surface area (TPSA) is 38.7 Å². The van der Waals surface area contributed by atoms with E-state index in [1.807, 2.05) is 18.3 Å². The van der Waals surface area contributed by atoms with Crippen molar-refractivity contribution >= 4 is 15.9 Å². The summed E-state index contributed by atoms with van der Waals surface area (Å²) in [4.78, 5) is 12.9. The maximum atomic E-state index is 4.47. The van der Waals surface area contributed by atoms with Gasteiger partial charge in [-0.3, -0.25) is 4.98 Å². The van der Waals surface area contributed by atoms with Crippen LogP contribution >= 0.6 is 15.9 Å². The summed E-state index contributed by atoms with van der Waals surface area (Å²) in [6.45, 7) is 0. The Hall–Kier alpha value is -1.29. The largest absolute Gasteiger partial charge is 0.260 e. The maximum Gasteiger partial charge on any atom is 0.116 e. The third-order valence-electron chi connectivity index (χ3n) is 2.97. The minimum absolute atomic E-state index is 0.329. The van der Waals surface area contributed by atoms with Crippen LogP contribution in [0.5, 0.6) is 0 Å². The third-order valence-corrected chi connectivity index (χ3v) is 3.40. The van der Waals surface area contributed by atoms with Crippen LogP contribution in [0.4, 0.5) is 0 Å². The van der Waals surface area contributed by atoms with Crippen molar-refractivity contribution in [1.82, 2.24) is 15.0 Å². The van der Waals surface area contributed by atoms with Crippen LogP contribution < -0.4 is 0 Å². The van der Waals surface area contributed by atoms with Crippen molar-refractivity contribution < 1.29 is 0 Å². The predicted octanol–water partition coefficient (Wildman–Crippen LogP) is 2.71. The molecule has 0 aliphatic heterocycles. The minimum Gasteiger partial charge on any atom is -0.260 e. The summed E-state index contributed by atoms with van der Waals surface area (Å²) < 4.78 is 0.835. The number of hydrogen-bond acceptors (Lipinski definition) is 3. The predicted molar refractivity (Wildman–Crippen MR) is 64.1 cm³/mol. The number of fused-ring (bicyclic) bond motifs is 1. The molecule has 0 fully saturated rings. The Morgan fingerprint density at radius 1 is 1.25 bits per heavy atom. The van der Waals surface area contributed by atoms with Gasteiger partial charge in [0, 0.05) is 12.1 Å². The lowest BCUT2D eigenvalue weighted by molar-refractivity contribution is 0.740. The quantitative estimate of drug-likeness (QED) is 0.752. The third kappa shape index (κ3) is 1.63. The molecule has 0 saturated heterocycles. The van der Waals surface area contributed by atoms with E-state index in [1.165, 1.54) is 11.3 Å².